The van der Waals surface area contributed by atoms with E-state index in [2.05, 4.69) is 66.2 Å². The molecule has 0 aliphatic carbocycles. The van der Waals surface area contributed by atoms with Crippen molar-refractivity contribution in [2.75, 3.05) is 37.7 Å². The number of piperazine rings is 1. The number of thioether (sulfide) groups is 1. The zero-order chi connectivity index (χ0) is 13.6. The van der Waals surface area contributed by atoms with Crippen LogP contribution in [-0.2, 0) is 5.54 Å². The summed E-state index contributed by atoms with van der Waals surface area (Å²) in [6, 6.07) is 10.9. The van der Waals surface area contributed by atoms with Gasteiger partial charge in [0.05, 0.1) is 5.54 Å². The molecule has 1 N–H and O–H groups in total. The third kappa shape index (κ3) is 3.74. The van der Waals surface area contributed by atoms with E-state index in [1.807, 2.05) is 0 Å². The third-order valence-corrected chi connectivity index (χ3v) is 5.03. The average molecular weight is 278 g/mol. The van der Waals surface area contributed by atoms with Crippen molar-refractivity contribution in [3.63, 3.8) is 0 Å². The Morgan fingerprint density at radius 3 is 2.84 bits per heavy atom. The summed E-state index contributed by atoms with van der Waals surface area (Å²) in [7, 11) is 0. The van der Waals surface area contributed by atoms with E-state index in [1.54, 1.807) is 0 Å². The minimum Gasteiger partial charge on any atom is -0.313 e. The molecule has 1 unspecified atom stereocenters. The number of benzene rings is 1. The average Bonchev–Trinajstić information content (AvgIpc) is 2.46. The molecular weight excluding hydrogens is 252 g/mol. The Bertz CT molecular complexity index is 368. The summed E-state index contributed by atoms with van der Waals surface area (Å²) < 4.78 is 0. The molecule has 0 saturated carbocycles. The molecule has 1 aromatic rings. The van der Waals surface area contributed by atoms with Gasteiger partial charge in [-0.15, -0.1) is 0 Å². The topological polar surface area (TPSA) is 15.3 Å². The highest BCUT2D eigenvalue weighted by molar-refractivity contribution is 7.99. The standard InChI is InChI=1S/C16H26N2S/c1-3-19-13-7-11-18-12-10-17-14-16(18,2)15-8-5-4-6-9-15/h4-6,8-9,17H,3,7,10-14H2,1-2H3. The number of hydrogen-bond acceptors (Lipinski definition) is 3. The number of rotatable bonds is 6. The molecule has 0 bridgehead atoms. The largest absolute Gasteiger partial charge is 0.313 e. The molecule has 1 aliphatic heterocycles. The summed E-state index contributed by atoms with van der Waals surface area (Å²) in [6.45, 7) is 9.15. The molecule has 0 radical (unpaired) electrons. The monoisotopic (exact) mass is 278 g/mol. The first-order valence-corrected chi connectivity index (χ1v) is 8.52. The molecule has 0 spiro atoms. The first-order chi connectivity index (χ1) is 9.27. The highest BCUT2D eigenvalue weighted by Crippen LogP contribution is 2.29. The van der Waals surface area contributed by atoms with Crippen LogP contribution in [0.25, 0.3) is 0 Å². The van der Waals surface area contributed by atoms with Gasteiger partial charge in [-0.2, -0.15) is 11.8 Å². The lowest BCUT2D eigenvalue weighted by Crippen LogP contribution is -2.57. The van der Waals surface area contributed by atoms with Crippen LogP contribution < -0.4 is 5.32 Å². The van der Waals surface area contributed by atoms with Gasteiger partial charge >= 0.3 is 0 Å². The van der Waals surface area contributed by atoms with Crippen molar-refractivity contribution in [2.45, 2.75) is 25.8 Å². The first-order valence-electron chi connectivity index (χ1n) is 7.36. The van der Waals surface area contributed by atoms with E-state index in [0.717, 1.165) is 19.6 Å². The van der Waals surface area contributed by atoms with Crippen LogP contribution in [0, 0.1) is 0 Å². The van der Waals surface area contributed by atoms with Crippen molar-refractivity contribution >= 4 is 11.8 Å². The fraction of sp³-hybridized carbons (Fsp3) is 0.625. The van der Waals surface area contributed by atoms with Crippen LogP contribution in [0.1, 0.15) is 25.8 Å². The Labute approximate surface area is 122 Å². The summed E-state index contributed by atoms with van der Waals surface area (Å²) in [5.74, 6) is 2.52. The molecule has 2 rings (SSSR count). The van der Waals surface area contributed by atoms with Crippen molar-refractivity contribution in [3.8, 4) is 0 Å². The van der Waals surface area contributed by atoms with Crippen molar-refractivity contribution in [2.24, 2.45) is 0 Å². The van der Waals surface area contributed by atoms with Gasteiger partial charge in [0.1, 0.15) is 0 Å². The molecule has 1 fully saturated rings. The molecule has 1 atom stereocenters. The fourth-order valence-corrected chi connectivity index (χ4v) is 3.47. The van der Waals surface area contributed by atoms with Crippen molar-refractivity contribution < 1.29 is 0 Å². The number of nitrogens with zero attached hydrogens (tertiary/aromatic N) is 1. The minimum absolute atomic E-state index is 0.149. The molecule has 0 aromatic heterocycles. The van der Waals surface area contributed by atoms with E-state index in [4.69, 9.17) is 0 Å². The van der Waals surface area contributed by atoms with E-state index in [-0.39, 0.29) is 5.54 Å². The fourth-order valence-electron chi connectivity index (χ4n) is 2.85. The van der Waals surface area contributed by atoms with Crippen molar-refractivity contribution in [1.29, 1.82) is 0 Å². The Morgan fingerprint density at radius 1 is 1.32 bits per heavy atom. The maximum atomic E-state index is 3.56. The molecular formula is C16H26N2S. The molecule has 106 valence electrons. The maximum absolute atomic E-state index is 3.56. The second kappa shape index (κ2) is 7.32. The summed E-state index contributed by atoms with van der Waals surface area (Å²) in [5.41, 5.74) is 1.58. The minimum atomic E-state index is 0.149. The molecule has 1 saturated heterocycles. The van der Waals surface area contributed by atoms with Gasteiger partial charge in [0.15, 0.2) is 0 Å². The van der Waals surface area contributed by atoms with E-state index in [0.29, 0.717) is 0 Å². The van der Waals surface area contributed by atoms with Gasteiger partial charge in [0.25, 0.3) is 0 Å². The zero-order valence-electron chi connectivity index (χ0n) is 12.2. The molecule has 2 nitrogen and oxygen atoms in total. The van der Waals surface area contributed by atoms with Crippen LogP contribution in [-0.4, -0.2) is 42.6 Å². The van der Waals surface area contributed by atoms with Gasteiger partial charge in [-0.05, 0) is 37.0 Å². The van der Waals surface area contributed by atoms with Crippen LogP contribution in [0.5, 0.6) is 0 Å². The van der Waals surface area contributed by atoms with Gasteiger partial charge in [-0.25, -0.2) is 0 Å². The van der Waals surface area contributed by atoms with Gasteiger partial charge in [0.2, 0.25) is 0 Å². The first kappa shape index (κ1) is 14.9. The molecule has 1 aliphatic rings. The maximum Gasteiger partial charge on any atom is 0.0557 e. The van der Waals surface area contributed by atoms with Crippen LogP contribution in [0.2, 0.25) is 0 Å². The summed E-state index contributed by atoms with van der Waals surface area (Å²) >= 11 is 2.05. The highest BCUT2D eigenvalue weighted by atomic mass is 32.2. The second-order valence-electron chi connectivity index (χ2n) is 5.35. The van der Waals surface area contributed by atoms with E-state index in [9.17, 15) is 0 Å². The summed E-state index contributed by atoms with van der Waals surface area (Å²) in [5, 5.41) is 3.56. The molecule has 0 amide bonds. The Hall–Kier alpha value is -0.510. The lowest BCUT2D eigenvalue weighted by molar-refractivity contribution is 0.0735. The van der Waals surface area contributed by atoms with Gasteiger partial charge in [-0.3, -0.25) is 4.90 Å². The highest BCUT2D eigenvalue weighted by Gasteiger charge is 2.35. The molecule has 1 aromatic carbocycles. The zero-order valence-corrected chi connectivity index (χ0v) is 13.0. The van der Waals surface area contributed by atoms with Crippen LogP contribution >= 0.6 is 11.8 Å². The Kier molecular flexibility index (Phi) is 5.74. The Balaban J connectivity index is 2.02. The smallest absolute Gasteiger partial charge is 0.0557 e. The number of nitrogens with one attached hydrogen (secondary N) is 1. The lowest BCUT2D eigenvalue weighted by atomic mass is 9.88. The van der Waals surface area contributed by atoms with Gasteiger partial charge in [0, 0.05) is 19.6 Å². The lowest BCUT2D eigenvalue weighted by Gasteiger charge is -2.45. The molecule has 3 heteroatoms. The van der Waals surface area contributed by atoms with E-state index in [1.165, 1.54) is 30.0 Å². The predicted octanol–water partition coefficient (Wildman–Crippen LogP) is 2.95. The quantitative estimate of drug-likeness (QED) is 0.806. The summed E-state index contributed by atoms with van der Waals surface area (Å²) in [4.78, 5) is 2.66. The van der Waals surface area contributed by atoms with Crippen LogP contribution in [0.4, 0.5) is 0 Å². The van der Waals surface area contributed by atoms with Crippen molar-refractivity contribution in [1.82, 2.24) is 10.2 Å². The normalized spacial score (nSPS) is 24.5. The second-order valence-corrected chi connectivity index (χ2v) is 6.75. The van der Waals surface area contributed by atoms with Crippen LogP contribution in [0.3, 0.4) is 0 Å². The molecule has 1 heterocycles. The number of hydrogen-bond donors (Lipinski definition) is 1. The van der Waals surface area contributed by atoms with E-state index < -0.39 is 0 Å². The molecule has 19 heavy (non-hydrogen) atoms. The summed E-state index contributed by atoms with van der Waals surface area (Å²) in [6.07, 6.45) is 1.29. The van der Waals surface area contributed by atoms with E-state index >= 15 is 0 Å². The van der Waals surface area contributed by atoms with Crippen LogP contribution in [0.15, 0.2) is 30.3 Å². The SMILES string of the molecule is CCSCCCN1CCNCC1(C)c1ccccc1. The Morgan fingerprint density at radius 2 is 2.11 bits per heavy atom. The van der Waals surface area contributed by atoms with Gasteiger partial charge < -0.3 is 5.32 Å². The third-order valence-electron chi connectivity index (χ3n) is 4.04. The van der Waals surface area contributed by atoms with Crippen molar-refractivity contribution in [3.05, 3.63) is 35.9 Å². The predicted molar refractivity (Wildman–Crippen MR) is 85.9 cm³/mol. The van der Waals surface area contributed by atoms with Gasteiger partial charge in [-0.1, -0.05) is 37.3 Å².